The zero-order valence-electron chi connectivity index (χ0n) is 12.9. The molecule has 1 fully saturated rings. The van der Waals surface area contributed by atoms with Crippen LogP contribution in [0.2, 0.25) is 0 Å². The van der Waals surface area contributed by atoms with Crippen molar-refractivity contribution < 1.29 is 0 Å². The van der Waals surface area contributed by atoms with Gasteiger partial charge in [0.1, 0.15) is 0 Å². The number of aromatic nitrogens is 2. The minimum atomic E-state index is 0.894. The zero-order chi connectivity index (χ0) is 15.4. The number of halogens is 1. The molecule has 3 rings (SSSR count). The average molecular weight is 361 g/mol. The fraction of sp³-hybridized carbons (Fsp3) is 0.412. The van der Waals surface area contributed by atoms with Gasteiger partial charge in [-0.1, -0.05) is 35.0 Å². The highest BCUT2D eigenvalue weighted by molar-refractivity contribution is 9.10. The van der Waals surface area contributed by atoms with Crippen molar-refractivity contribution in [1.82, 2.24) is 20.0 Å². The maximum absolute atomic E-state index is 4.39. The molecule has 0 spiro atoms. The van der Waals surface area contributed by atoms with Gasteiger partial charge in [-0.2, -0.15) is 10.2 Å². The van der Waals surface area contributed by atoms with Crippen molar-refractivity contribution in [2.45, 2.75) is 13.5 Å². The molecule has 1 aliphatic rings. The lowest BCUT2D eigenvalue weighted by Gasteiger charge is -2.33. The van der Waals surface area contributed by atoms with E-state index in [1.165, 1.54) is 0 Å². The Bertz CT molecular complexity index is 589. The molecule has 1 aromatic carbocycles. The van der Waals surface area contributed by atoms with Crippen LogP contribution < -0.4 is 0 Å². The lowest BCUT2D eigenvalue weighted by atomic mass is 10.1. The van der Waals surface area contributed by atoms with Gasteiger partial charge < -0.3 is 4.90 Å². The molecule has 22 heavy (non-hydrogen) atoms. The predicted molar refractivity (Wildman–Crippen MR) is 92.6 cm³/mol. The molecule has 1 saturated heterocycles. The third kappa shape index (κ3) is 3.91. The first-order valence-corrected chi connectivity index (χ1v) is 8.57. The number of rotatable bonds is 4. The summed E-state index contributed by atoms with van der Waals surface area (Å²) in [5.41, 5.74) is 3.07. The molecule has 0 aliphatic carbocycles. The molecular weight excluding hydrogens is 340 g/mol. The molecular formula is C17H21BrN4. The van der Waals surface area contributed by atoms with E-state index in [4.69, 9.17) is 0 Å². The van der Waals surface area contributed by atoms with Gasteiger partial charge in [0.05, 0.1) is 11.4 Å². The second-order valence-electron chi connectivity index (χ2n) is 5.63. The van der Waals surface area contributed by atoms with Crippen molar-refractivity contribution >= 4 is 15.9 Å². The first-order chi connectivity index (χ1) is 10.7. The molecule has 116 valence electrons. The fourth-order valence-electron chi connectivity index (χ4n) is 2.71. The van der Waals surface area contributed by atoms with Crippen molar-refractivity contribution in [3.8, 4) is 11.3 Å². The predicted octanol–water partition coefficient (Wildman–Crippen LogP) is 3.04. The Balaban J connectivity index is 1.61. The summed E-state index contributed by atoms with van der Waals surface area (Å²) in [6, 6.07) is 12.3. The molecule has 4 nitrogen and oxygen atoms in total. The molecule has 0 atom stereocenters. The van der Waals surface area contributed by atoms with Crippen LogP contribution >= 0.6 is 15.9 Å². The van der Waals surface area contributed by atoms with Crippen molar-refractivity contribution in [3.63, 3.8) is 0 Å². The van der Waals surface area contributed by atoms with Crippen LogP contribution in [0.15, 0.2) is 40.9 Å². The topological polar surface area (TPSA) is 32.3 Å². The maximum atomic E-state index is 4.39. The van der Waals surface area contributed by atoms with Gasteiger partial charge in [0.2, 0.25) is 0 Å². The van der Waals surface area contributed by atoms with Gasteiger partial charge >= 0.3 is 0 Å². The van der Waals surface area contributed by atoms with E-state index in [2.05, 4.69) is 67.1 Å². The second kappa shape index (κ2) is 7.31. The summed E-state index contributed by atoms with van der Waals surface area (Å²) < 4.78 is 1.08. The normalized spacial score (nSPS) is 16.8. The highest BCUT2D eigenvalue weighted by Gasteiger charge is 2.16. The van der Waals surface area contributed by atoms with E-state index >= 15 is 0 Å². The largest absolute Gasteiger partial charge is 0.301 e. The molecule has 2 heterocycles. The molecule has 5 heteroatoms. The summed E-state index contributed by atoms with van der Waals surface area (Å²) in [7, 11) is 0. The summed E-state index contributed by atoms with van der Waals surface area (Å²) in [6.45, 7) is 8.80. The van der Waals surface area contributed by atoms with Crippen LogP contribution in [-0.2, 0) is 6.54 Å². The third-order valence-electron chi connectivity index (χ3n) is 4.16. The van der Waals surface area contributed by atoms with Crippen molar-refractivity contribution in [1.29, 1.82) is 0 Å². The first-order valence-electron chi connectivity index (χ1n) is 7.78. The van der Waals surface area contributed by atoms with Crippen LogP contribution in [0.3, 0.4) is 0 Å². The first kappa shape index (κ1) is 15.6. The van der Waals surface area contributed by atoms with E-state index in [0.29, 0.717) is 0 Å². The summed E-state index contributed by atoms with van der Waals surface area (Å²) >= 11 is 3.45. The molecule has 1 aliphatic heterocycles. The number of benzene rings is 1. The quantitative estimate of drug-likeness (QED) is 0.838. The average Bonchev–Trinajstić information content (AvgIpc) is 2.57. The lowest BCUT2D eigenvalue weighted by molar-refractivity contribution is 0.130. The van der Waals surface area contributed by atoms with Gasteiger partial charge in [0, 0.05) is 42.8 Å². The summed E-state index contributed by atoms with van der Waals surface area (Å²) in [4.78, 5) is 4.94. The van der Waals surface area contributed by atoms with Crippen LogP contribution in [-0.4, -0.2) is 52.7 Å². The Morgan fingerprint density at radius 2 is 1.59 bits per heavy atom. The summed E-state index contributed by atoms with van der Waals surface area (Å²) in [5, 5.41) is 8.77. The number of nitrogens with zero attached hydrogens (tertiary/aromatic N) is 4. The van der Waals surface area contributed by atoms with Crippen LogP contribution in [0.5, 0.6) is 0 Å². The Kier molecular flexibility index (Phi) is 5.18. The third-order valence-corrected chi connectivity index (χ3v) is 4.69. The Morgan fingerprint density at radius 1 is 0.909 bits per heavy atom. The van der Waals surface area contributed by atoms with Gasteiger partial charge in [-0.25, -0.2) is 0 Å². The molecule has 1 aromatic heterocycles. The van der Waals surface area contributed by atoms with Crippen LogP contribution in [0.25, 0.3) is 11.3 Å². The van der Waals surface area contributed by atoms with Gasteiger partial charge in [-0.3, -0.25) is 4.90 Å². The number of hydrogen-bond donors (Lipinski definition) is 0. The minimum Gasteiger partial charge on any atom is -0.301 e. The Morgan fingerprint density at radius 3 is 2.18 bits per heavy atom. The molecule has 2 aromatic rings. The molecule has 0 unspecified atom stereocenters. The molecule has 0 amide bonds. The fourth-order valence-corrected chi connectivity index (χ4v) is 2.98. The van der Waals surface area contributed by atoms with E-state index in [1.54, 1.807) is 0 Å². The smallest absolute Gasteiger partial charge is 0.0929 e. The molecule has 0 N–H and O–H groups in total. The van der Waals surface area contributed by atoms with E-state index in [-0.39, 0.29) is 0 Å². The van der Waals surface area contributed by atoms with E-state index < -0.39 is 0 Å². The number of likely N-dealkylation sites (N-methyl/N-ethyl adjacent to an activating group) is 1. The Hall–Kier alpha value is -1.30. The Labute approximate surface area is 140 Å². The second-order valence-corrected chi connectivity index (χ2v) is 6.54. The van der Waals surface area contributed by atoms with Crippen molar-refractivity contribution in [3.05, 3.63) is 46.6 Å². The lowest BCUT2D eigenvalue weighted by Crippen LogP contribution is -2.45. The molecule has 0 saturated carbocycles. The van der Waals surface area contributed by atoms with E-state index in [1.807, 2.05) is 12.1 Å². The van der Waals surface area contributed by atoms with Gasteiger partial charge in [-0.15, -0.1) is 0 Å². The van der Waals surface area contributed by atoms with Gasteiger partial charge in [0.15, 0.2) is 0 Å². The van der Waals surface area contributed by atoms with Crippen molar-refractivity contribution in [2.75, 3.05) is 32.7 Å². The monoisotopic (exact) mass is 360 g/mol. The zero-order valence-corrected chi connectivity index (χ0v) is 14.5. The van der Waals surface area contributed by atoms with Gasteiger partial charge in [0.25, 0.3) is 0 Å². The molecule has 0 bridgehead atoms. The van der Waals surface area contributed by atoms with E-state index in [0.717, 1.165) is 60.7 Å². The maximum Gasteiger partial charge on any atom is 0.0929 e. The van der Waals surface area contributed by atoms with Crippen molar-refractivity contribution in [2.24, 2.45) is 0 Å². The summed E-state index contributed by atoms with van der Waals surface area (Å²) in [6.07, 6.45) is 0. The van der Waals surface area contributed by atoms with Crippen LogP contribution in [0.1, 0.15) is 12.6 Å². The van der Waals surface area contributed by atoms with E-state index in [9.17, 15) is 0 Å². The standard InChI is InChI=1S/C17H21BrN4/c1-2-21-9-11-22(12-10-21)13-16-7-8-17(20-19-16)14-3-5-15(18)6-4-14/h3-8H,2,9-13H2,1H3. The SMILES string of the molecule is CCN1CCN(Cc2ccc(-c3ccc(Br)cc3)nn2)CC1. The minimum absolute atomic E-state index is 0.894. The van der Waals surface area contributed by atoms with Crippen LogP contribution in [0.4, 0.5) is 0 Å². The highest BCUT2D eigenvalue weighted by atomic mass is 79.9. The van der Waals surface area contributed by atoms with Gasteiger partial charge in [-0.05, 0) is 30.8 Å². The number of piperazine rings is 1. The summed E-state index contributed by atoms with van der Waals surface area (Å²) in [5.74, 6) is 0. The number of hydrogen-bond acceptors (Lipinski definition) is 4. The highest BCUT2D eigenvalue weighted by Crippen LogP contribution is 2.19. The molecule has 0 radical (unpaired) electrons. The van der Waals surface area contributed by atoms with Crippen LogP contribution in [0, 0.1) is 0 Å².